The molecule has 0 aliphatic carbocycles. The Balaban J connectivity index is 1.45. The van der Waals surface area contributed by atoms with Gasteiger partial charge in [0.15, 0.2) is 5.13 Å². The van der Waals surface area contributed by atoms with Gasteiger partial charge in [-0.3, -0.25) is 13.9 Å². The molecule has 31 heavy (non-hydrogen) atoms. The molecule has 4 aromatic rings. The number of para-hydroxylation sites is 2. The molecule has 2 aromatic heterocycles. The number of carbonyl (C=O) groups excluding carboxylic acids is 1. The summed E-state index contributed by atoms with van der Waals surface area (Å²) < 4.78 is 8.71. The van der Waals surface area contributed by atoms with Gasteiger partial charge in [0.1, 0.15) is 5.75 Å². The first-order valence-corrected chi connectivity index (χ1v) is 10.9. The quantitative estimate of drug-likeness (QED) is 0.471. The van der Waals surface area contributed by atoms with Crippen LogP contribution in [0.3, 0.4) is 0 Å². The molecule has 0 unspecified atom stereocenters. The Morgan fingerprint density at radius 3 is 2.55 bits per heavy atom. The minimum Gasteiger partial charge on any atom is -0.494 e. The number of anilines is 1. The number of hydrogen-bond acceptors (Lipinski definition) is 5. The zero-order valence-corrected chi connectivity index (χ0v) is 18.5. The highest BCUT2D eigenvalue weighted by Crippen LogP contribution is 2.31. The van der Waals surface area contributed by atoms with Gasteiger partial charge in [-0.15, -0.1) is 11.3 Å². The topological polar surface area (TPSA) is 78.2 Å². The van der Waals surface area contributed by atoms with Crippen LogP contribution in [0, 0.1) is 6.92 Å². The summed E-state index contributed by atoms with van der Waals surface area (Å²) in [6, 6.07) is 15.3. The van der Waals surface area contributed by atoms with Crippen LogP contribution >= 0.6 is 11.3 Å². The van der Waals surface area contributed by atoms with E-state index in [9.17, 15) is 9.59 Å². The summed E-state index contributed by atoms with van der Waals surface area (Å²) >= 11 is 1.44. The summed E-state index contributed by atoms with van der Waals surface area (Å²) in [6.45, 7) is 4.86. The van der Waals surface area contributed by atoms with Gasteiger partial charge in [0.2, 0.25) is 5.91 Å². The van der Waals surface area contributed by atoms with Gasteiger partial charge < -0.3 is 10.1 Å². The van der Waals surface area contributed by atoms with Crippen molar-refractivity contribution in [3.63, 3.8) is 0 Å². The number of amides is 1. The second kappa shape index (κ2) is 8.77. The van der Waals surface area contributed by atoms with E-state index in [1.165, 1.54) is 11.3 Å². The highest BCUT2D eigenvalue weighted by Gasteiger charge is 2.14. The van der Waals surface area contributed by atoms with Crippen LogP contribution in [0.5, 0.6) is 5.75 Å². The van der Waals surface area contributed by atoms with Gasteiger partial charge in [0.25, 0.3) is 0 Å². The molecule has 1 N–H and O–H groups in total. The van der Waals surface area contributed by atoms with E-state index in [4.69, 9.17) is 4.74 Å². The molecule has 8 heteroatoms. The number of thiazole rings is 1. The number of carbonyl (C=O) groups is 1. The summed E-state index contributed by atoms with van der Waals surface area (Å²) in [5, 5.41) is 3.42. The molecule has 0 spiro atoms. The molecule has 0 atom stereocenters. The summed E-state index contributed by atoms with van der Waals surface area (Å²) in [7, 11) is 1.74. The Bertz CT molecular complexity index is 1280. The minimum absolute atomic E-state index is 0.128. The van der Waals surface area contributed by atoms with Crippen LogP contribution in [-0.4, -0.2) is 26.6 Å². The zero-order valence-electron chi connectivity index (χ0n) is 17.7. The summed E-state index contributed by atoms with van der Waals surface area (Å²) in [5.74, 6) is 0.642. The average Bonchev–Trinajstić information content (AvgIpc) is 3.24. The third-order valence-electron chi connectivity index (χ3n) is 5.10. The monoisotopic (exact) mass is 436 g/mol. The Morgan fingerprint density at radius 1 is 1.13 bits per heavy atom. The first kappa shape index (κ1) is 20.9. The predicted octanol–water partition coefficient (Wildman–Crippen LogP) is 4.20. The fraction of sp³-hybridized carbons (Fsp3) is 0.261. The fourth-order valence-corrected chi connectivity index (χ4v) is 4.42. The Hall–Kier alpha value is -3.39. The van der Waals surface area contributed by atoms with Crippen molar-refractivity contribution in [2.24, 2.45) is 7.05 Å². The van der Waals surface area contributed by atoms with Crippen LogP contribution in [0.1, 0.15) is 18.2 Å². The Kier molecular flexibility index (Phi) is 5.90. The van der Waals surface area contributed by atoms with Crippen LogP contribution in [0.25, 0.3) is 22.3 Å². The van der Waals surface area contributed by atoms with E-state index >= 15 is 0 Å². The van der Waals surface area contributed by atoms with E-state index in [0.29, 0.717) is 18.3 Å². The van der Waals surface area contributed by atoms with E-state index in [0.717, 1.165) is 32.9 Å². The lowest BCUT2D eigenvalue weighted by atomic mass is 10.1. The average molecular weight is 437 g/mol. The second-order valence-corrected chi connectivity index (χ2v) is 8.36. The first-order valence-electron chi connectivity index (χ1n) is 10.1. The van der Waals surface area contributed by atoms with Gasteiger partial charge in [-0.1, -0.05) is 12.1 Å². The predicted molar refractivity (Wildman–Crippen MR) is 124 cm³/mol. The highest BCUT2D eigenvalue weighted by molar-refractivity contribution is 7.16. The number of benzene rings is 2. The van der Waals surface area contributed by atoms with Gasteiger partial charge >= 0.3 is 5.69 Å². The number of nitrogens with one attached hydrogen (secondary N) is 1. The first-order chi connectivity index (χ1) is 15.0. The number of nitrogens with zero attached hydrogens (tertiary/aromatic N) is 3. The fourth-order valence-electron chi connectivity index (χ4n) is 3.57. The van der Waals surface area contributed by atoms with Crippen molar-refractivity contribution in [1.29, 1.82) is 0 Å². The number of imidazole rings is 1. The molecule has 0 aliphatic heterocycles. The maximum absolute atomic E-state index is 12.5. The van der Waals surface area contributed by atoms with Crippen LogP contribution in [0.4, 0.5) is 5.13 Å². The molecule has 1 amide bonds. The lowest BCUT2D eigenvalue weighted by molar-refractivity contribution is -0.116. The van der Waals surface area contributed by atoms with E-state index in [-0.39, 0.29) is 18.0 Å². The number of aromatic nitrogens is 3. The molecule has 0 fully saturated rings. The Labute approximate surface area is 183 Å². The molecule has 0 bridgehead atoms. The minimum atomic E-state index is -0.174. The van der Waals surface area contributed by atoms with E-state index in [2.05, 4.69) is 10.3 Å². The molecule has 160 valence electrons. The third-order valence-corrected chi connectivity index (χ3v) is 5.98. The number of rotatable bonds is 7. The maximum Gasteiger partial charge on any atom is 0.328 e. The number of hydrogen-bond donors (Lipinski definition) is 1. The van der Waals surface area contributed by atoms with Gasteiger partial charge in [-0.25, -0.2) is 9.78 Å². The summed E-state index contributed by atoms with van der Waals surface area (Å²) in [4.78, 5) is 30.6. The SMILES string of the molecule is CCOc1ccc(-c2nc(NC(=O)CCn3c(=O)n(C)c4ccccc43)sc2C)cc1. The molecular formula is C23H24N4O3S. The standard InChI is InChI=1S/C23H24N4O3S/c1-4-30-17-11-9-16(10-12-17)21-15(2)31-22(25-21)24-20(28)13-14-27-19-8-6-5-7-18(19)26(3)23(27)29/h5-12H,4,13-14H2,1-3H3,(H,24,25,28). The molecule has 7 nitrogen and oxygen atoms in total. The van der Waals surface area contributed by atoms with Crippen molar-refractivity contribution in [1.82, 2.24) is 14.1 Å². The lowest BCUT2D eigenvalue weighted by Crippen LogP contribution is -2.24. The van der Waals surface area contributed by atoms with Crippen molar-refractivity contribution >= 4 is 33.4 Å². The van der Waals surface area contributed by atoms with Crippen molar-refractivity contribution in [2.75, 3.05) is 11.9 Å². The maximum atomic E-state index is 12.5. The Morgan fingerprint density at radius 2 is 1.84 bits per heavy atom. The molecule has 2 heterocycles. The zero-order chi connectivity index (χ0) is 22.0. The molecule has 0 saturated carbocycles. The van der Waals surface area contributed by atoms with Crippen molar-refractivity contribution < 1.29 is 9.53 Å². The van der Waals surface area contributed by atoms with Gasteiger partial charge in [-0.2, -0.15) is 0 Å². The van der Waals surface area contributed by atoms with Gasteiger partial charge in [0, 0.05) is 30.5 Å². The molecular weight excluding hydrogens is 412 g/mol. The smallest absolute Gasteiger partial charge is 0.328 e. The molecule has 2 aromatic carbocycles. The number of aryl methyl sites for hydroxylation is 3. The van der Waals surface area contributed by atoms with Crippen LogP contribution in [-0.2, 0) is 18.4 Å². The van der Waals surface area contributed by atoms with Crippen LogP contribution < -0.4 is 15.7 Å². The normalized spacial score (nSPS) is 11.1. The van der Waals surface area contributed by atoms with E-state index in [1.54, 1.807) is 16.2 Å². The van der Waals surface area contributed by atoms with Crippen molar-refractivity contribution in [2.45, 2.75) is 26.8 Å². The van der Waals surface area contributed by atoms with E-state index < -0.39 is 0 Å². The number of fused-ring (bicyclic) bond motifs is 1. The van der Waals surface area contributed by atoms with E-state index in [1.807, 2.05) is 62.4 Å². The second-order valence-electron chi connectivity index (χ2n) is 7.16. The molecule has 0 radical (unpaired) electrons. The van der Waals surface area contributed by atoms with Crippen LogP contribution in [0.2, 0.25) is 0 Å². The summed E-state index contributed by atoms with van der Waals surface area (Å²) in [5.41, 5.74) is 3.36. The van der Waals surface area contributed by atoms with Crippen molar-refractivity contribution in [3.8, 4) is 17.0 Å². The van der Waals surface area contributed by atoms with Gasteiger partial charge in [0.05, 0.1) is 23.3 Å². The molecule has 0 aliphatic rings. The number of ether oxygens (including phenoxy) is 1. The summed E-state index contributed by atoms with van der Waals surface area (Å²) in [6.07, 6.45) is 0.185. The van der Waals surface area contributed by atoms with Crippen molar-refractivity contribution in [3.05, 3.63) is 63.9 Å². The molecule has 4 rings (SSSR count). The molecule has 0 saturated heterocycles. The largest absolute Gasteiger partial charge is 0.494 e. The highest BCUT2D eigenvalue weighted by atomic mass is 32.1. The lowest BCUT2D eigenvalue weighted by Gasteiger charge is -2.04. The van der Waals surface area contributed by atoms with Gasteiger partial charge in [-0.05, 0) is 50.2 Å². The van der Waals surface area contributed by atoms with Crippen LogP contribution in [0.15, 0.2) is 53.3 Å². The third kappa shape index (κ3) is 4.25.